The highest BCUT2D eigenvalue weighted by Crippen LogP contribution is 2.38. The van der Waals surface area contributed by atoms with Crippen LogP contribution in [-0.2, 0) is 11.8 Å². The van der Waals surface area contributed by atoms with Gasteiger partial charge in [0, 0.05) is 43.9 Å². The second-order valence-electron chi connectivity index (χ2n) is 9.64. The predicted molar refractivity (Wildman–Crippen MR) is 133 cm³/mol. The lowest BCUT2D eigenvalue weighted by Crippen LogP contribution is -2.46. The molecule has 0 atom stereocenters. The average molecular weight is 474 g/mol. The number of carbonyl (C=O) groups excluding carboxylic acids is 1. The molecule has 2 aromatic heterocycles. The molecule has 1 aromatic carbocycles. The Bertz CT molecular complexity index is 1370. The van der Waals surface area contributed by atoms with E-state index in [0.717, 1.165) is 44.2 Å². The lowest BCUT2D eigenvalue weighted by atomic mass is 9.88. The van der Waals surface area contributed by atoms with Gasteiger partial charge in [0.2, 0.25) is 5.91 Å². The third-order valence-electron chi connectivity index (χ3n) is 7.41. The zero-order valence-electron chi connectivity index (χ0n) is 19.9. The van der Waals surface area contributed by atoms with Crippen LogP contribution in [0.3, 0.4) is 0 Å². The summed E-state index contributed by atoms with van der Waals surface area (Å²) in [7, 11) is 3.67. The van der Waals surface area contributed by atoms with E-state index >= 15 is 0 Å². The third-order valence-corrected chi connectivity index (χ3v) is 7.41. The van der Waals surface area contributed by atoms with Crippen LogP contribution in [-0.4, -0.2) is 34.6 Å². The molecule has 0 N–H and O–H groups in total. The summed E-state index contributed by atoms with van der Waals surface area (Å²) in [5.74, 6) is -0.0979. The molecule has 0 bridgehead atoms. The van der Waals surface area contributed by atoms with Gasteiger partial charge in [-0.1, -0.05) is 0 Å². The Balaban J connectivity index is 1.39. The van der Waals surface area contributed by atoms with Gasteiger partial charge in [-0.15, -0.1) is 0 Å². The molecule has 2 fully saturated rings. The Hall–Kier alpha value is -3.73. The second kappa shape index (κ2) is 9.14. The number of aryl methyl sites for hydroxylation is 1. The Morgan fingerprint density at radius 3 is 2.34 bits per heavy atom. The molecule has 0 radical (unpaired) electrons. The van der Waals surface area contributed by atoms with Gasteiger partial charge < -0.3 is 14.4 Å². The van der Waals surface area contributed by atoms with Gasteiger partial charge in [-0.2, -0.15) is 5.26 Å². The number of hydrogen-bond acceptors (Lipinski definition) is 5. The molecule has 2 saturated carbocycles. The molecule has 2 aliphatic carbocycles. The summed E-state index contributed by atoms with van der Waals surface area (Å²) in [6.07, 6.45) is 5.14. The molecule has 35 heavy (non-hydrogen) atoms. The van der Waals surface area contributed by atoms with E-state index in [-0.39, 0.29) is 35.3 Å². The van der Waals surface area contributed by atoms with E-state index in [0.29, 0.717) is 22.4 Å². The summed E-state index contributed by atoms with van der Waals surface area (Å²) in [4.78, 5) is 34.3. The fourth-order valence-corrected chi connectivity index (χ4v) is 5.19. The lowest BCUT2D eigenvalue weighted by molar-refractivity contribution is -0.120. The number of hydrogen-bond donors (Lipinski definition) is 0. The summed E-state index contributed by atoms with van der Waals surface area (Å²) in [6.45, 7) is 0. The number of rotatable bonds is 5. The van der Waals surface area contributed by atoms with E-state index in [2.05, 4.69) is 16.0 Å². The summed E-state index contributed by atoms with van der Waals surface area (Å²) in [5, 5.41) is 9.33. The van der Waals surface area contributed by atoms with Crippen LogP contribution in [0.4, 0.5) is 15.8 Å². The maximum absolute atomic E-state index is 13.5. The molecule has 0 aliphatic heterocycles. The zero-order valence-corrected chi connectivity index (χ0v) is 19.9. The van der Waals surface area contributed by atoms with Gasteiger partial charge in [-0.05, 0) is 74.9 Å². The van der Waals surface area contributed by atoms with E-state index in [1.54, 1.807) is 41.9 Å². The van der Waals surface area contributed by atoms with Crippen molar-refractivity contribution in [3.05, 3.63) is 64.3 Å². The van der Waals surface area contributed by atoms with Gasteiger partial charge in [-0.25, -0.2) is 9.37 Å². The number of halogens is 1. The van der Waals surface area contributed by atoms with Crippen molar-refractivity contribution in [1.29, 1.82) is 5.26 Å². The highest BCUT2D eigenvalue weighted by molar-refractivity contribution is 5.97. The van der Waals surface area contributed by atoms with Crippen LogP contribution < -0.4 is 15.4 Å². The standard InChI is InChI=1S/C27H28FN5O2/c1-31(24-15-25(34)32(2)23-14-7-19(16-29)30-26(23)24)20-10-12-22(13-11-20)33(27(35)17-3-4-17)21-8-5-18(28)6-9-21/h5-9,14-15,17,20,22H,3-4,10-13H2,1-2H3. The van der Waals surface area contributed by atoms with E-state index < -0.39 is 0 Å². The van der Waals surface area contributed by atoms with Crippen molar-refractivity contribution in [3.63, 3.8) is 0 Å². The molecule has 3 aromatic rings. The van der Waals surface area contributed by atoms with Crippen molar-refractivity contribution in [2.24, 2.45) is 13.0 Å². The molecule has 0 saturated heterocycles. The van der Waals surface area contributed by atoms with Crippen molar-refractivity contribution in [1.82, 2.24) is 9.55 Å². The molecule has 7 nitrogen and oxygen atoms in total. The summed E-state index contributed by atoms with van der Waals surface area (Å²) >= 11 is 0. The number of fused-ring (bicyclic) bond motifs is 1. The maximum Gasteiger partial charge on any atom is 0.252 e. The van der Waals surface area contributed by atoms with Gasteiger partial charge in [-0.3, -0.25) is 9.59 Å². The largest absolute Gasteiger partial charge is 0.370 e. The monoisotopic (exact) mass is 473 g/mol. The molecular weight excluding hydrogens is 445 g/mol. The van der Waals surface area contributed by atoms with E-state index in [1.807, 2.05) is 11.9 Å². The summed E-state index contributed by atoms with van der Waals surface area (Å²) in [6, 6.07) is 13.5. The van der Waals surface area contributed by atoms with E-state index in [4.69, 9.17) is 0 Å². The van der Waals surface area contributed by atoms with Crippen molar-refractivity contribution >= 4 is 28.3 Å². The Morgan fingerprint density at radius 1 is 1.06 bits per heavy atom. The molecule has 2 heterocycles. The minimum absolute atomic E-state index is 0.0573. The first-order valence-electron chi connectivity index (χ1n) is 12.1. The fourth-order valence-electron chi connectivity index (χ4n) is 5.19. The van der Waals surface area contributed by atoms with Gasteiger partial charge in [0.1, 0.15) is 23.1 Å². The van der Waals surface area contributed by atoms with Crippen LogP contribution in [0.1, 0.15) is 44.2 Å². The maximum atomic E-state index is 13.5. The van der Waals surface area contributed by atoms with E-state index in [9.17, 15) is 19.2 Å². The first-order valence-corrected chi connectivity index (χ1v) is 12.1. The van der Waals surface area contributed by atoms with Crippen LogP contribution in [0, 0.1) is 23.1 Å². The second-order valence-corrected chi connectivity index (χ2v) is 9.64. The Kier molecular flexibility index (Phi) is 6.01. The van der Waals surface area contributed by atoms with Crippen LogP contribution >= 0.6 is 0 Å². The van der Waals surface area contributed by atoms with Crippen molar-refractivity contribution in [2.75, 3.05) is 16.8 Å². The minimum Gasteiger partial charge on any atom is -0.370 e. The van der Waals surface area contributed by atoms with Gasteiger partial charge in [0.15, 0.2) is 0 Å². The fraction of sp³-hybridized carbons (Fsp3) is 0.407. The summed E-state index contributed by atoms with van der Waals surface area (Å²) in [5.41, 5.74) is 2.97. The normalized spacial score (nSPS) is 19.8. The SMILES string of the molecule is CN(c1cc(=O)n(C)c2ccc(C#N)nc12)C1CCC(N(C(=O)C2CC2)c2ccc(F)cc2)CC1. The molecule has 2 aliphatic rings. The Morgan fingerprint density at radius 2 is 1.71 bits per heavy atom. The van der Waals surface area contributed by atoms with Crippen molar-refractivity contribution < 1.29 is 9.18 Å². The number of aromatic nitrogens is 2. The van der Waals surface area contributed by atoms with Crippen LogP contribution in [0.5, 0.6) is 0 Å². The number of benzene rings is 1. The average Bonchev–Trinajstić information content (AvgIpc) is 3.73. The van der Waals surface area contributed by atoms with Gasteiger partial charge in [0.25, 0.3) is 5.56 Å². The van der Waals surface area contributed by atoms with E-state index in [1.165, 1.54) is 12.1 Å². The number of carbonyl (C=O) groups is 1. The van der Waals surface area contributed by atoms with Gasteiger partial charge in [0.05, 0.1) is 11.2 Å². The molecular formula is C27H28FN5O2. The topological polar surface area (TPSA) is 82.2 Å². The third kappa shape index (κ3) is 4.39. The van der Waals surface area contributed by atoms with Crippen LogP contribution in [0.15, 0.2) is 47.3 Å². The lowest BCUT2D eigenvalue weighted by Gasteiger charge is -2.40. The first-order chi connectivity index (χ1) is 16.9. The smallest absolute Gasteiger partial charge is 0.252 e. The molecule has 0 unspecified atom stereocenters. The molecule has 1 amide bonds. The zero-order chi connectivity index (χ0) is 24.7. The molecule has 0 spiro atoms. The number of amides is 1. The van der Waals surface area contributed by atoms with Crippen LogP contribution in [0.25, 0.3) is 11.0 Å². The number of pyridine rings is 2. The van der Waals surface area contributed by atoms with Crippen molar-refractivity contribution in [3.8, 4) is 6.07 Å². The Labute approximate surface area is 203 Å². The number of nitrogens with zero attached hydrogens (tertiary/aromatic N) is 5. The summed E-state index contributed by atoms with van der Waals surface area (Å²) < 4.78 is 15.1. The van der Waals surface area contributed by atoms with Crippen LogP contribution in [0.2, 0.25) is 0 Å². The molecule has 180 valence electrons. The molecule has 8 heteroatoms. The number of anilines is 2. The highest BCUT2D eigenvalue weighted by atomic mass is 19.1. The quantitative estimate of drug-likeness (QED) is 0.556. The minimum atomic E-state index is -0.313. The highest BCUT2D eigenvalue weighted by Gasteiger charge is 2.39. The first kappa shape index (κ1) is 23.0. The predicted octanol–water partition coefficient (Wildman–Crippen LogP) is 4.13. The van der Waals surface area contributed by atoms with Gasteiger partial charge >= 0.3 is 0 Å². The van der Waals surface area contributed by atoms with Crippen molar-refractivity contribution in [2.45, 2.75) is 50.6 Å². The number of nitriles is 1. The molecule has 5 rings (SSSR count).